The van der Waals surface area contributed by atoms with Crippen molar-refractivity contribution in [3.8, 4) is 5.75 Å². The molecule has 0 aromatic carbocycles. The van der Waals surface area contributed by atoms with Gasteiger partial charge in [-0.05, 0) is 31.5 Å². The molecule has 1 N–H and O–H groups in total. The van der Waals surface area contributed by atoms with Crippen LogP contribution in [0.3, 0.4) is 0 Å². The second-order valence-electron chi connectivity index (χ2n) is 6.32. The van der Waals surface area contributed by atoms with E-state index < -0.39 is 6.10 Å². The van der Waals surface area contributed by atoms with Gasteiger partial charge in [-0.3, -0.25) is 14.5 Å². The van der Waals surface area contributed by atoms with Crippen LogP contribution in [-0.2, 0) is 11.3 Å². The third-order valence-electron chi connectivity index (χ3n) is 4.55. The number of rotatable bonds is 5. The lowest BCUT2D eigenvalue weighted by Crippen LogP contribution is -2.33. The molecule has 0 aliphatic carbocycles. The molecular formula is C18H24N4O3. The zero-order valence-electron chi connectivity index (χ0n) is 14.4. The number of hydrogen-bond acceptors (Lipinski definition) is 5. The molecule has 3 heterocycles. The third kappa shape index (κ3) is 4.57. The van der Waals surface area contributed by atoms with Crippen molar-refractivity contribution in [2.75, 3.05) is 13.1 Å². The molecule has 0 bridgehead atoms. The smallest absolute Gasteiger partial charge is 0.224 e. The number of hydrogen-bond donors (Lipinski definition) is 1. The van der Waals surface area contributed by atoms with E-state index in [0.717, 1.165) is 5.69 Å². The molecule has 1 aliphatic heterocycles. The van der Waals surface area contributed by atoms with Crippen LogP contribution in [-0.4, -0.2) is 56.0 Å². The summed E-state index contributed by atoms with van der Waals surface area (Å²) in [6.07, 6.45) is 5.65. The minimum atomic E-state index is -0.591. The Kier molecular flexibility index (Phi) is 5.65. The minimum absolute atomic E-state index is 0.0872. The number of carbonyl (C=O) groups is 1. The molecule has 1 saturated heterocycles. The van der Waals surface area contributed by atoms with E-state index in [9.17, 15) is 9.90 Å². The lowest BCUT2D eigenvalue weighted by molar-refractivity contribution is -0.131. The van der Waals surface area contributed by atoms with Crippen LogP contribution in [0, 0.1) is 6.92 Å². The summed E-state index contributed by atoms with van der Waals surface area (Å²) in [6, 6.07) is 5.54. The van der Waals surface area contributed by atoms with Gasteiger partial charge in [0.2, 0.25) is 5.91 Å². The summed E-state index contributed by atoms with van der Waals surface area (Å²) >= 11 is 0. The van der Waals surface area contributed by atoms with Gasteiger partial charge in [0, 0.05) is 50.6 Å². The molecule has 134 valence electrons. The lowest BCUT2D eigenvalue weighted by atomic mass is 10.1. The topological polar surface area (TPSA) is 80.5 Å². The molecule has 2 atom stereocenters. The molecule has 3 rings (SSSR count). The van der Waals surface area contributed by atoms with Gasteiger partial charge in [-0.15, -0.1) is 0 Å². The number of amides is 1. The third-order valence-corrected chi connectivity index (χ3v) is 4.55. The van der Waals surface area contributed by atoms with Crippen LogP contribution >= 0.6 is 0 Å². The first kappa shape index (κ1) is 17.4. The lowest BCUT2D eigenvalue weighted by Gasteiger charge is -2.21. The van der Waals surface area contributed by atoms with Crippen molar-refractivity contribution in [2.45, 2.75) is 44.9 Å². The first-order valence-electron chi connectivity index (χ1n) is 8.64. The summed E-state index contributed by atoms with van der Waals surface area (Å²) in [5.74, 6) is 0.726. The molecule has 0 radical (unpaired) electrons. The van der Waals surface area contributed by atoms with Gasteiger partial charge in [0.15, 0.2) is 0 Å². The fraction of sp³-hybridized carbons (Fsp3) is 0.500. The van der Waals surface area contributed by atoms with E-state index in [4.69, 9.17) is 4.74 Å². The van der Waals surface area contributed by atoms with Gasteiger partial charge in [0.1, 0.15) is 11.9 Å². The molecule has 0 saturated carbocycles. The molecule has 2 aromatic heterocycles. The zero-order valence-corrected chi connectivity index (χ0v) is 14.4. The second-order valence-corrected chi connectivity index (χ2v) is 6.32. The second kappa shape index (κ2) is 8.11. The highest BCUT2D eigenvalue weighted by molar-refractivity contribution is 5.76. The van der Waals surface area contributed by atoms with E-state index in [0.29, 0.717) is 44.6 Å². The van der Waals surface area contributed by atoms with E-state index in [1.807, 2.05) is 28.6 Å². The molecule has 25 heavy (non-hydrogen) atoms. The SMILES string of the molecule is Cc1ccnn1CCC(=O)N1CC[C@H](Oc2cccnc2)[C@@H](O)CC1. The molecular weight excluding hydrogens is 320 g/mol. The normalized spacial score (nSPS) is 21.0. The molecule has 0 spiro atoms. The van der Waals surface area contributed by atoms with Gasteiger partial charge < -0.3 is 14.7 Å². The van der Waals surface area contributed by atoms with Crippen molar-refractivity contribution in [1.82, 2.24) is 19.7 Å². The molecule has 2 aromatic rings. The summed E-state index contributed by atoms with van der Waals surface area (Å²) in [7, 11) is 0. The van der Waals surface area contributed by atoms with Crippen LogP contribution in [0.15, 0.2) is 36.8 Å². The summed E-state index contributed by atoms with van der Waals surface area (Å²) in [5.41, 5.74) is 1.05. The van der Waals surface area contributed by atoms with Crippen LogP contribution < -0.4 is 4.74 Å². The Hall–Kier alpha value is -2.41. The summed E-state index contributed by atoms with van der Waals surface area (Å²) in [6.45, 7) is 3.68. The number of aliphatic hydroxyl groups is 1. The number of aromatic nitrogens is 3. The number of likely N-dealkylation sites (tertiary alicyclic amines) is 1. The van der Waals surface area contributed by atoms with Crippen molar-refractivity contribution in [3.63, 3.8) is 0 Å². The van der Waals surface area contributed by atoms with Crippen LogP contribution in [0.2, 0.25) is 0 Å². The van der Waals surface area contributed by atoms with Crippen LogP contribution in [0.1, 0.15) is 25.0 Å². The van der Waals surface area contributed by atoms with Crippen molar-refractivity contribution in [3.05, 3.63) is 42.5 Å². The first-order chi connectivity index (χ1) is 12.1. The Labute approximate surface area is 147 Å². The molecule has 7 nitrogen and oxygen atoms in total. The Morgan fingerprint density at radius 2 is 2.16 bits per heavy atom. The zero-order chi connectivity index (χ0) is 17.6. The monoisotopic (exact) mass is 344 g/mol. The van der Waals surface area contributed by atoms with Crippen LogP contribution in [0.4, 0.5) is 0 Å². The molecule has 7 heteroatoms. The Bertz CT molecular complexity index is 689. The maximum Gasteiger partial charge on any atom is 0.224 e. The van der Waals surface area contributed by atoms with E-state index >= 15 is 0 Å². The van der Waals surface area contributed by atoms with Gasteiger partial charge >= 0.3 is 0 Å². The van der Waals surface area contributed by atoms with Crippen molar-refractivity contribution >= 4 is 5.91 Å². The predicted molar refractivity (Wildman–Crippen MR) is 92.1 cm³/mol. The van der Waals surface area contributed by atoms with Crippen LogP contribution in [0.25, 0.3) is 0 Å². The van der Waals surface area contributed by atoms with Gasteiger partial charge in [0.25, 0.3) is 0 Å². The van der Waals surface area contributed by atoms with Gasteiger partial charge in [-0.2, -0.15) is 5.10 Å². The van der Waals surface area contributed by atoms with E-state index in [1.54, 1.807) is 24.7 Å². The maximum atomic E-state index is 12.5. The van der Waals surface area contributed by atoms with Crippen molar-refractivity contribution in [2.24, 2.45) is 0 Å². The summed E-state index contributed by atoms with van der Waals surface area (Å²) in [5, 5.41) is 14.5. The van der Waals surface area contributed by atoms with Crippen molar-refractivity contribution in [1.29, 1.82) is 0 Å². The van der Waals surface area contributed by atoms with Gasteiger partial charge in [-0.1, -0.05) is 0 Å². The Balaban J connectivity index is 1.53. The van der Waals surface area contributed by atoms with Crippen LogP contribution in [0.5, 0.6) is 5.75 Å². The van der Waals surface area contributed by atoms with E-state index in [1.165, 1.54) is 0 Å². The number of ether oxygens (including phenoxy) is 1. The Morgan fingerprint density at radius 1 is 1.32 bits per heavy atom. The first-order valence-corrected chi connectivity index (χ1v) is 8.64. The number of carbonyl (C=O) groups excluding carboxylic acids is 1. The molecule has 1 fully saturated rings. The number of aliphatic hydroxyl groups excluding tert-OH is 1. The highest BCUT2D eigenvalue weighted by atomic mass is 16.5. The van der Waals surface area contributed by atoms with Gasteiger partial charge in [-0.25, -0.2) is 0 Å². The standard InChI is InChI=1S/C18H24N4O3/c1-14-4-9-20-22(14)12-7-18(24)21-10-5-16(23)17(6-11-21)25-15-3-2-8-19-13-15/h2-4,8-9,13,16-17,23H,5-7,10-12H2,1H3/t16-,17-/m0/s1. The average molecular weight is 344 g/mol. The van der Waals surface area contributed by atoms with Gasteiger partial charge in [0.05, 0.1) is 12.3 Å². The largest absolute Gasteiger partial charge is 0.486 e. The summed E-state index contributed by atoms with van der Waals surface area (Å²) < 4.78 is 7.68. The molecule has 1 aliphatic rings. The minimum Gasteiger partial charge on any atom is -0.486 e. The number of aryl methyl sites for hydroxylation is 2. The number of nitrogens with zero attached hydrogens (tertiary/aromatic N) is 4. The fourth-order valence-electron chi connectivity index (χ4n) is 3.03. The quantitative estimate of drug-likeness (QED) is 0.887. The highest BCUT2D eigenvalue weighted by Gasteiger charge is 2.28. The highest BCUT2D eigenvalue weighted by Crippen LogP contribution is 2.19. The maximum absolute atomic E-state index is 12.5. The summed E-state index contributed by atoms with van der Waals surface area (Å²) in [4.78, 5) is 18.3. The number of pyridine rings is 1. The molecule has 1 amide bonds. The fourth-order valence-corrected chi connectivity index (χ4v) is 3.03. The van der Waals surface area contributed by atoms with Crippen molar-refractivity contribution < 1.29 is 14.6 Å². The Morgan fingerprint density at radius 3 is 2.88 bits per heavy atom. The average Bonchev–Trinajstić information content (AvgIpc) is 2.95. The molecule has 0 unspecified atom stereocenters. The predicted octanol–water partition coefficient (Wildman–Crippen LogP) is 1.41. The van der Waals surface area contributed by atoms with E-state index in [2.05, 4.69) is 10.1 Å². The van der Waals surface area contributed by atoms with E-state index in [-0.39, 0.29) is 12.0 Å².